The summed E-state index contributed by atoms with van der Waals surface area (Å²) in [6.45, 7) is 1.66. The number of H-pyrrole nitrogens is 2. The highest BCUT2D eigenvalue weighted by Gasteiger charge is 2.36. The molecule has 44 heavy (non-hydrogen) atoms. The van der Waals surface area contributed by atoms with Crippen molar-refractivity contribution in [3.8, 4) is 0 Å². The Kier molecular flexibility index (Phi) is 7.09. The molecule has 3 fully saturated rings. The predicted octanol–water partition coefficient (Wildman–Crippen LogP) is 5.76. The molecule has 6 atom stereocenters. The van der Waals surface area contributed by atoms with Crippen LogP contribution in [0.4, 0.5) is 10.1 Å². The van der Waals surface area contributed by atoms with Crippen LogP contribution in [0.5, 0.6) is 0 Å². The Bertz CT molecular complexity index is 1680. The number of nitrogens with one attached hydrogen (secondary N) is 4. The van der Waals surface area contributed by atoms with Gasteiger partial charge in [-0.2, -0.15) is 0 Å². The van der Waals surface area contributed by atoms with Crippen LogP contribution in [-0.4, -0.2) is 59.5 Å². The lowest BCUT2D eigenvalue weighted by Gasteiger charge is -2.33. The van der Waals surface area contributed by atoms with Gasteiger partial charge in [-0.3, -0.25) is 0 Å². The number of aromatic amines is 2. The van der Waals surface area contributed by atoms with Crippen molar-refractivity contribution < 1.29 is 13.9 Å². The molecule has 0 bridgehead atoms. The molecule has 0 aliphatic carbocycles. The number of hydrogen-bond donors (Lipinski definition) is 4. The number of hydrogen-bond acceptors (Lipinski definition) is 7. The van der Waals surface area contributed by atoms with E-state index in [9.17, 15) is 4.39 Å². The van der Waals surface area contributed by atoms with Crippen LogP contribution in [0.15, 0.2) is 60.7 Å². The Morgan fingerprint density at radius 2 is 1.20 bits per heavy atom. The van der Waals surface area contributed by atoms with Crippen LogP contribution in [-0.2, 0) is 9.47 Å². The van der Waals surface area contributed by atoms with Gasteiger partial charge in [0.1, 0.15) is 17.5 Å². The van der Waals surface area contributed by atoms with Gasteiger partial charge < -0.3 is 35.0 Å². The van der Waals surface area contributed by atoms with E-state index in [0.717, 1.165) is 78.2 Å². The van der Waals surface area contributed by atoms with Crippen LogP contribution in [0.3, 0.4) is 0 Å². The highest BCUT2D eigenvalue weighted by molar-refractivity contribution is 5.78. The van der Waals surface area contributed by atoms with Crippen molar-refractivity contribution in [1.29, 1.82) is 0 Å². The topological polar surface area (TPSA) is 103 Å². The number of imidazole rings is 2. The van der Waals surface area contributed by atoms with E-state index in [2.05, 4.69) is 61.9 Å². The minimum Gasteiger partial charge on any atom is -0.380 e. The van der Waals surface area contributed by atoms with Crippen LogP contribution in [0.2, 0.25) is 0 Å². The first kappa shape index (κ1) is 27.7. The number of fused-ring (bicyclic) bond motifs is 2. The smallest absolute Gasteiger partial charge is 0.124 e. The molecule has 0 amide bonds. The zero-order chi connectivity index (χ0) is 29.8. The monoisotopic (exact) mass is 595 g/mol. The minimum atomic E-state index is -0.230. The Morgan fingerprint density at radius 3 is 1.66 bits per heavy atom. The lowest BCUT2D eigenvalue weighted by atomic mass is 10.0. The first-order valence-electron chi connectivity index (χ1n) is 15.6. The van der Waals surface area contributed by atoms with Gasteiger partial charge in [0.25, 0.3) is 0 Å². The van der Waals surface area contributed by atoms with Crippen molar-refractivity contribution in [3.63, 3.8) is 0 Å². The second-order valence-corrected chi connectivity index (χ2v) is 12.4. The highest BCUT2D eigenvalue weighted by atomic mass is 19.1. The molecule has 3 aliphatic rings. The maximum atomic E-state index is 14.1. The largest absolute Gasteiger partial charge is 0.380 e. The van der Waals surface area contributed by atoms with E-state index in [0.29, 0.717) is 0 Å². The number of halogens is 1. The van der Waals surface area contributed by atoms with Crippen molar-refractivity contribution in [1.82, 2.24) is 30.6 Å². The van der Waals surface area contributed by atoms with E-state index >= 15 is 0 Å². The van der Waals surface area contributed by atoms with Crippen LogP contribution < -0.4 is 15.5 Å². The van der Waals surface area contributed by atoms with E-state index in [1.165, 1.54) is 11.1 Å². The zero-order valence-electron chi connectivity index (χ0n) is 25.0. The number of rotatable bonds is 7. The summed E-state index contributed by atoms with van der Waals surface area (Å²) in [5.41, 5.74) is 7.44. The Morgan fingerprint density at radius 1 is 0.705 bits per heavy atom. The molecule has 228 valence electrons. The number of aromatic nitrogens is 4. The Hall–Kier alpha value is -3.83. The van der Waals surface area contributed by atoms with Crippen molar-refractivity contribution in [2.24, 2.45) is 0 Å². The van der Waals surface area contributed by atoms with Crippen molar-refractivity contribution in [3.05, 3.63) is 89.3 Å². The summed E-state index contributed by atoms with van der Waals surface area (Å²) in [5, 5.41) is 7.04. The van der Waals surface area contributed by atoms with Gasteiger partial charge in [-0.15, -0.1) is 0 Å². The summed E-state index contributed by atoms with van der Waals surface area (Å²) >= 11 is 0. The molecule has 3 saturated heterocycles. The summed E-state index contributed by atoms with van der Waals surface area (Å²) in [4.78, 5) is 19.4. The number of methoxy groups -OCH3 is 2. The zero-order valence-corrected chi connectivity index (χ0v) is 25.0. The molecule has 0 spiro atoms. The second kappa shape index (κ2) is 11.3. The fourth-order valence-electron chi connectivity index (χ4n) is 7.46. The lowest BCUT2D eigenvalue weighted by Crippen LogP contribution is -2.26. The number of anilines is 1. The first-order chi connectivity index (χ1) is 21.6. The normalized spacial score (nSPS) is 27.3. The van der Waals surface area contributed by atoms with Crippen LogP contribution in [0, 0.1) is 5.82 Å². The molecule has 9 nitrogen and oxygen atoms in total. The van der Waals surface area contributed by atoms with Gasteiger partial charge in [0.2, 0.25) is 0 Å². The SMILES string of the molecule is CO[C@@H]1CN[C@H](c2nc3ccc([C@H]4CC[C@@H](c5ccc6nc([C@@H]7C[C@H](OC)CN7)[nH]c6c5)N4c4ccc(F)cc4)cc3[nH]2)C1. The van der Waals surface area contributed by atoms with Crippen LogP contribution >= 0.6 is 0 Å². The number of nitrogens with zero attached hydrogens (tertiary/aromatic N) is 3. The standard InChI is InChI=1S/C34H38FN7O2/c1-43-23-15-29(36-17-23)33-38-25-9-3-19(13-27(25)40-33)31-11-12-32(42(31)22-7-5-21(35)6-8-22)20-4-10-26-28(14-20)41-34(39-26)30-16-24(44-2)18-37-30/h3-10,13-14,23-24,29-32,36-37H,11-12,15-18H2,1-2H3,(H,38,40)(H,39,41)/t23-,24-,29-,30-,31-,32+/m0/s1. The molecule has 5 aromatic rings. The molecule has 3 aliphatic heterocycles. The maximum Gasteiger partial charge on any atom is 0.124 e. The van der Waals surface area contributed by atoms with E-state index < -0.39 is 0 Å². The Labute approximate surface area is 255 Å². The summed E-state index contributed by atoms with van der Waals surface area (Å²) in [7, 11) is 3.52. The summed E-state index contributed by atoms with van der Waals surface area (Å²) in [6, 6.07) is 20.6. The van der Waals surface area contributed by atoms with Crippen molar-refractivity contribution in [2.45, 2.75) is 62.1 Å². The molecule has 4 N–H and O–H groups in total. The van der Waals surface area contributed by atoms with E-state index in [1.807, 2.05) is 12.1 Å². The van der Waals surface area contributed by atoms with Gasteiger partial charge in [-0.25, -0.2) is 14.4 Å². The average molecular weight is 596 g/mol. The molecule has 5 heterocycles. The molecular weight excluding hydrogens is 557 g/mol. The van der Waals surface area contributed by atoms with Gasteiger partial charge in [0, 0.05) is 33.0 Å². The molecule has 10 heteroatoms. The number of benzene rings is 3. The van der Waals surface area contributed by atoms with E-state index in [1.54, 1.807) is 26.4 Å². The summed E-state index contributed by atoms with van der Waals surface area (Å²) in [6.07, 6.45) is 4.17. The molecule has 0 saturated carbocycles. The van der Waals surface area contributed by atoms with Gasteiger partial charge in [-0.05, 0) is 85.3 Å². The van der Waals surface area contributed by atoms with Crippen LogP contribution in [0.25, 0.3) is 22.1 Å². The molecular formula is C34H38FN7O2. The third-order valence-electron chi connectivity index (χ3n) is 9.84. The summed E-state index contributed by atoms with van der Waals surface area (Å²) in [5.74, 6) is 1.68. The molecule has 8 rings (SSSR count). The Balaban J connectivity index is 1.11. The van der Waals surface area contributed by atoms with Gasteiger partial charge in [0.05, 0.1) is 58.4 Å². The third-order valence-corrected chi connectivity index (χ3v) is 9.84. The van der Waals surface area contributed by atoms with Gasteiger partial charge in [-0.1, -0.05) is 12.1 Å². The third kappa shape index (κ3) is 4.95. The molecule has 0 unspecified atom stereocenters. The highest BCUT2D eigenvalue weighted by Crippen LogP contribution is 2.47. The van der Waals surface area contributed by atoms with E-state index in [-0.39, 0.29) is 42.2 Å². The molecule has 3 aromatic carbocycles. The lowest BCUT2D eigenvalue weighted by molar-refractivity contribution is 0.117. The number of ether oxygens (including phenoxy) is 2. The van der Waals surface area contributed by atoms with Crippen LogP contribution in [0.1, 0.15) is 72.6 Å². The first-order valence-corrected chi connectivity index (χ1v) is 15.6. The fraction of sp³-hybridized carbons (Fsp3) is 0.412. The van der Waals surface area contributed by atoms with Gasteiger partial charge >= 0.3 is 0 Å². The van der Waals surface area contributed by atoms with Gasteiger partial charge in [0.15, 0.2) is 0 Å². The average Bonchev–Trinajstić information content (AvgIpc) is 3.88. The molecule has 0 radical (unpaired) electrons. The van der Waals surface area contributed by atoms with Crippen molar-refractivity contribution >= 4 is 27.8 Å². The molecule has 2 aromatic heterocycles. The maximum absolute atomic E-state index is 14.1. The fourth-order valence-corrected chi connectivity index (χ4v) is 7.46. The minimum absolute atomic E-state index is 0.130. The quantitative estimate of drug-likeness (QED) is 0.190. The predicted molar refractivity (Wildman–Crippen MR) is 168 cm³/mol. The summed E-state index contributed by atoms with van der Waals surface area (Å²) < 4.78 is 25.1. The second-order valence-electron chi connectivity index (χ2n) is 12.4. The van der Waals surface area contributed by atoms with E-state index in [4.69, 9.17) is 19.4 Å². The van der Waals surface area contributed by atoms with Crippen molar-refractivity contribution in [2.75, 3.05) is 32.2 Å².